The van der Waals surface area contributed by atoms with Crippen molar-refractivity contribution in [3.05, 3.63) is 54.1 Å². The molecule has 0 saturated heterocycles. The molecule has 1 heterocycles. The zero-order chi connectivity index (χ0) is 15.5. The molecule has 0 fully saturated rings. The number of benzene rings is 1. The Balaban J connectivity index is 2.27. The van der Waals surface area contributed by atoms with Crippen LogP contribution >= 0.6 is 0 Å². The number of imidazole rings is 1. The SMILES string of the molecule is C#CC(C)(C)OC(=O)c1cncn1[C@H](C)c1ccccc1. The van der Waals surface area contributed by atoms with Crippen molar-refractivity contribution in [2.24, 2.45) is 0 Å². The second-order valence-electron chi connectivity index (χ2n) is 5.32. The third-order valence-electron chi connectivity index (χ3n) is 3.27. The molecule has 108 valence electrons. The van der Waals surface area contributed by atoms with Crippen molar-refractivity contribution in [3.63, 3.8) is 0 Å². The summed E-state index contributed by atoms with van der Waals surface area (Å²) in [6.07, 6.45) is 8.46. The van der Waals surface area contributed by atoms with Gasteiger partial charge in [-0.2, -0.15) is 0 Å². The van der Waals surface area contributed by atoms with Crippen molar-refractivity contribution in [3.8, 4) is 12.3 Å². The number of esters is 1. The lowest BCUT2D eigenvalue weighted by Gasteiger charge is -2.21. The van der Waals surface area contributed by atoms with E-state index in [2.05, 4.69) is 10.9 Å². The van der Waals surface area contributed by atoms with Gasteiger partial charge in [0.25, 0.3) is 0 Å². The number of hydrogen-bond donors (Lipinski definition) is 0. The maximum atomic E-state index is 12.3. The van der Waals surface area contributed by atoms with Crippen molar-refractivity contribution in [1.82, 2.24) is 9.55 Å². The highest BCUT2D eigenvalue weighted by atomic mass is 16.6. The first kappa shape index (κ1) is 14.9. The minimum atomic E-state index is -0.942. The second-order valence-corrected chi connectivity index (χ2v) is 5.32. The van der Waals surface area contributed by atoms with Crippen LogP contribution in [-0.2, 0) is 4.74 Å². The van der Waals surface area contributed by atoms with Gasteiger partial charge in [-0.3, -0.25) is 0 Å². The van der Waals surface area contributed by atoms with Gasteiger partial charge < -0.3 is 9.30 Å². The smallest absolute Gasteiger partial charge is 0.358 e. The van der Waals surface area contributed by atoms with Crippen molar-refractivity contribution in [1.29, 1.82) is 0 Å². The van der Waals surface area contributed by atoms with Gasteiger partial charge in [-0.15, -0.1) is 6.42 Å². The summed E-state index contributed by atoms with van der Waals surface area (Å²) < 4.78 is 7.10. The second kappa shape index (κ2) is 5.84. The van der Waals surface area contributed by atoms with Gasteiger partial charge in [0.2, 0.25) is 0 Å². The number of aromatic nitrogens is 2. The normalized spacial score (nSPS) is 12.5. The first-order valence-electron chi connectivity index (χ1n) is 6.72. The third kappa shape index (κ3) is 3.32. The van der Waals surface area contributed by atoms with Crippen LogP contribution in [0.4, 0.5) is 0 Å². The highest BCUT2D eigenvalue weighted by molar-refractivity contribution is 5.88. The number of rotatable bonds is 4. The molecule has 0 N–H and O–H groups in total. The zero-order valence-corrected chi connectivity index (χ0v) is 12.4. The number of carbonyl (C=O) groups is 1. The molecule has 1 atom stereocenters. The zero-order valence-electron chi connectivity index (χ0n) is 12.4. The van der Waals surface area contributed by atoms with Crippen LogP contribution in [0.15, 0.2) is 42.9 Å². The van der Waals surface area contributed by atoms with Gasteiger partial charge >= 0.3 is 5.97 Å². The van der Waals surface area contributed by atoms with Crippen LogP contribution in [0.2, 0.25) is 0 Å². The molecule has 0 amide bonds. The standard InChI is InChI=1S/C17H18N2O2/c1-5-17(3,4)21-16(20)15-11-18-12-19(15)13(2)14-9-7-6-8-10-14/h1,6-13H,2-4H3/t13-/m1/s1. The van der Waals surface area contributed by atoms with Crippen molar-refractivity contribution >= 4 is 5.97 Å². The minimum Gasteiger partial charge on any atom is -0.442 e. The van der Waals surface area contributed by atoms with Crippen LogP contribution in [-0.4, -0.2) is 21.1 Å². The summed E-state index contributed by atoms with van der Waals surface area (Å²) >= 11 is 0. The highest BCUT2D eigenvalue weighted by Gasteiger charge is 2.24. The molecule has 1 aromatic heterocycles. The highest BCUT2D eigenvalue weighted by Crippen LogP contribution is 2.21. The summed E-state index contributed by atoms with van der Waals surface area (Å²) in [4.78, 5) is 16.3. The summed E-state index contributed by atoms with van der Waals surface area (Å²) in [5, 5.41) is 0. The van der Waals surface area contributed by atoms with Crippen LogP contribution in [0.1, 0.15) is 42.9 Å². The summed E-state index contributed by atoms with van der Waals surface area (Å²) in [6, 6.07) is 9.86. The predicted octanol–water partition coefficient (Wildman–Crippen LogP) is 3.06. The molecule has 0 spiro atoms. The number of terminal acetylenes is 1. The molecule has 21 heavy (non-hydrogen) atoms. The first-order chi connectivity index (χ1) is 9.94. The number of nitrogens with zero attached hydrogens (tertiary/aromatic N) is 2. The predicted molar refractivity (Wildman–Crippen MR) is 80.8 cm³/mol. The van der Waals surface area contributed by atoms with Gasteiger partial charge in [0, 0.05) is 0 Å². The monoisotopic (exact) mass is 282 g/mol. The Morgan fingerprint density at radius 1 is 1.38 bits per heavy atom. The van der Waals surface area contributed by atoms with Crippen LogP contribution in [0.25, 0.3) is 0 Å². The van der Waals surface area contributed by atoms with Crippen LogP contribution in [0.5, 0.6) is 0 Å². The lowest BCUT2D eigenvalue weighted by atomic mass is 10.1. The van der Waals surface area contributed by atoms with E-state index >= 15 is 0 Å². The minimum absolute atomic E-state index is 0.0230. The molecule has 0 aliphatic carbocycles. The maximum absolute atomic E-state index is 12.3. The topological polar surface area (TPSA) is 44.1 Å². The number of hydrogen-bond acceptors (Lipinski definition) is 3. The summed E-state index contributed by atoms with van der Waals surface area (Å²) in [5.41, 5.74) is 0.526. The number of ether oxygens (including phenoxy) is 1. The lowest BCUT2D eigenvalue weighted by Crippen LogP contribution is -2.27. The van der Waals surface area contributed by atoms with Gasteiger partial charge in [0.15, 0.2) is 5.60 Å². The van der Waals surface area contributed by atoms with E-state index in [4.69, 9.17) is 11.2 Å². The van der Waals surface area contributed by atoms with E-state index < -0.39 is 11.6 Å². The Hall–Kier alpha value is -2.54. The van der Waals surface area contributed by atoms with Crippen LogP contribution in [0, 0.1) is 12.3 Å². The average molecular weight is 282 g/mol. The van der Waals surface area contributed by atoms with E-state index in [1.165, 1.54) is 6.20 Å². The fraction of sp³-hybridized carbons (Fsp3) is 0.294. The molecule has 4 heteroatoms. The van der Waals surface area contributed by atoms with Crippen molar-refractivity contribution < 1.29 is 9.53 Å². The van der Waals surface area contributed by atoms with Gasteiger partial charge in [0.1, 0.15) is 5.69 Å². The summed E-state index contributed by atoms with van der Waals surface area (Å²) in [5.74, 6) is 1.97. The molecule has 0 aliphatic rings. The fourth-order valence-electron chi connectivity index (χ4n) is 1.98. The Morgan fingerprint density at radius 3 is 2.67 bits per heavy atom. The van der Waals surface area contributed by atoms with Gasteiger partial charge in [-0.25, -0.2) is 9.78 Å². The Morgan fingerprint density at radius 2 is 2.05 bits per heavy atom. The summed E-state index contributed by atoms with van der Waals surface area (Å²) in [7, 11) is 0. The average Bonchev–Trinajstić information content (AvgIpc) is 2.96. The van der Waals surface area contributed by atoms with Gasteiger partial charge in [-0.1, -0.05) is 36.3 Å². The molecule has 0 aliphatic heterocycles. The molecular weight excluding hydrogens is 264 g/mol. The summed E-state index contributed by atoms with van der Waals surface area (Å²) in [6.45, 7) is 5.35. The molecule has 0 unspecified atom stereocenters. The van der Waals surface area contributed by atoms with E-state index in [9.17, 15) is 4.79 Å². The molecule has 2 rings (SSSR count). The molecule has 4 nitrogen and oxygen atoms in total. The Kier molecular flexibility index (Phi) is 4.13. The molecule has 2 aromatic rings. The fourth-order valence-corrected chi connectivity index (χ4v) is 1.98. The van der Waals surface area contributed by atoms with Crippen LogP contribution < -0.4 is 0 Å². The van der Waals surface area contributed by atoms with Gasteiger partial charge in [0.05, 0.1) is 18.6 Å². The number of carbonyl (C=O) groups excluding carboxylic acids is 1. The quantitative estimate of drug-likeness (QED) is 0.639. The Labute approximate surface area is 124 Å². The van der Waals surface area contributed by atoms with Crippen molar-refractivity contribution in [2.45, 2.75) is 32.4 Å². The first-order valence-corrected chi connectivity index (χ1v) is 6.72. The van der Waals surface area contributed by atoms with E-state index in [0.717, 1.165) is 5.56 Å². The maximum Gasteiger partial charge on any atom is 0.358 e. The van der Waals surface area contributed by atoms with Crippen LogP contribution in [0.3, 0.4) is 0 Å². The Bertz CT molecular complexity index is 666. The van der Waals surface area contributed by atoms with E-state index in [-0.39, 0.29) is 6.04 Å². The molecule has 0 radical (unpaired) electrons. The molecule has 0 saturated carbocycles. The lowest BCUT2D eigenvalue weighted by molar-refractivity contribution is 0.0191. The van der Waals surface area contributed by atoms with E-state index in [0.29, 0.717) is 5.69 Å². The van der Waals surface area contributed by atoms with Crippen molar-refractivity contribution in [2.75, 3.05) is 0 Å². The molecule has 0 bridgehead atoms. The van der Waals surface area contributed by atoms with Gasteiger partial charge in [-0.05, 0) is 26.3 Å². The third-order valence-corrected chi connectivity index (χ3v) is 3.27. The van der Waals surface area contributed by atoms with E-state index in [1.54, 1.807) is 24.7 Å². The molecular formula is C17H18N2O2. The largest absolute Gasteiger partial charge is 0.442 e. The molecule has 1 aromatic carbocycles. The van der Waals surface area contributed by atoms with E-state index in [1.807, 2.05) is 37.3 Å².